The minimum absolute atomic E-state index is 0.0258. The highest BCUT2D eigenvalue weighted by Gasteiger charge is 2.32. The molecule has 0 fully saturated rings. The largest absolute Gasteiger partial charge is 0.481 e. The molecule has 3 aromatic rings. The number of hydrogen-bond acceptors (Lipinski definition) is 5. The van der Waals surface area contributed by atoms with Gasteiger partial charge < -0.3 is 25.4 Å². The van der Waals surface area contributed by atoms with Crippen LogP contribution in [0.2, 0.25) is 0 Å². The van der Waals surface area contributed by atoms with E-state index in [2.05, 4.69) is 0 Å². The zero-order valence-electron chi connectivity index (χ0n) is 22.1. The highest BCUT2D eigenvalue weighted by Crippen LogP contribution is 2.30. The number of carboxylic acid groups (broad SMARTS) is 1. The number of unbranched alkanes of at least 4 members (excludes halogenated alkanes) is 3. The molecule has 0 aliphatic carbocycles. The molecule has 0 saturated carbocycles. The summed E-state index contributed by atoms with van der Waals surface area (Å²) in [5.74, 6) is -0.179. The lowest BCUT2D eigenvalue weighted by Gasteiger charge is -2.23. The molecule has 39 heavy (non-hydrogen) atoms. The lowest BCUT2D eigenvalue weighted by molar-refractivity contribution is -0.137. The van der Waals surface area contributed by atoms with E-state index in [1.54, 1.807) is 4.90 Å². The fourth-order valence-corrected chi connectivity index (χ4v) is 4.65. The number of nitrogens with zero attached hydrogens (tertiary/aromatic N) is 2. The van der Waals surface area contributed by atoms with E-state index in [9.17, 15) is 19.5 Å². The SMILES string of the molecule is NCCCCCCc1ccc2c(c1)C(=O)N(CCC(=O)O)CC(=O)N2Cc1ccc(Oc2ccccc2)cc1. The summed E-state index contributed by atoms with van der Waals surface area (Å²) in [6.45, 7) is 0.758. The summed E-state index contributed by atoms with van der Waals surface area (Å²) < 4.78 is 5.88. The van der Waals surface area contributed by atoms with Crippen LogP contribution in [0.3, 0.4) is 0 Å². The van der Waals surface area contributed by atoms with Gasteiger partial charge in [-0.3, -0.25) is 14.4 Å². The molecule has 4 rings (SSSR count). The Kier molecular flexibility index (Phi) is 9.69. The van der Waals surface area contributed by atoms with Crippen LogP contribution in [-0.2, 0) is 22.6 Å². The number of amides is 2. The summed E-state index contributed by atoms with van der Waals surface area (Å²) in [7, 11) is 0. The Bertz CT molecular complexity index is 1280. The number of anilines is 1. The van der Waals surface area contributed by atoms with Gasteiger partial charge in [-0.2, -0.15) is 0 Å². The van der Waals surface area contributed by atoms with E-state index in [-0.39, 0.29) is 37.9 Å². The van der Waals surface area contributed by atoms with E-state index in [4.69, 9.17) is 10.5 Å². The third-order valence-corrected chi connectivity index (χ3v) is 6.75. The number of carbonyl (C=O) groups is 3. The molecule has 0 spiro atoms. The molecule has 8 nitrogen and oxygen atoms in total. The Balaban J connectivity index is 1.55. The standard InChI is InChI=1S/C31H35N3O5/c32-18-7-2-1-4-8-23-13-16-28-27(20-23)31(38)33(19-17-30(36)37)22-29(35)34(28)21-24-11-14-26(15-12-24)39-25-9-5-3-6-10-25/h3,5-6,9-16,20H,1-2,4,7-8,17-19,21-22,32H2,(H,36,37). The number of aryl methyl sites for hydroxylation is 1. The number of rotatable bonds is 13. The highest BCUT2D eigenvalue weighted by molar-refractivity contribution is 6.09. The normalized spacial score (nSPS) is 13.3. The lowest BCUT2D eigenvalue weighted by atomic mass is 10.0. The summed E-state index contributed by atoms with van der Waals surface area (Å²) in [4.78, 5) is 41.1. The Morgan fingerprint density at radius 2 is 1.56 bits per heavy atom. The smallest absolute Gasteiger partial charge is 0.305 e. The van der Waals surface area contributed by atoms with Gasteiger partial charge in [0.05, 0.1) is 24.2 Å². The zero-order valence-corrected chi connectivity index (χ0v) is 22.1. The first kappa shape index (κ1) is 27.9. The number of fused-ring (bicyclic) bond motifs is 1. The zero-order chi connectivity index (χ0) is 27.6. The highest BCUT2D eigenvalue weighted by atomic mass is 16.5. The van der Waals surface area contributed by atoms with Gasteiger partial charge in [0.25, 0.3) is 5.91 Å². The van der Waals surface area contributed by atoms with Gasteiger partial charge in [0.15, 0.2) is 0 Å². The fraction of sp³-hybridized carbons (Fsp3) is 0.323. The molecule has 0 radical (unpaired) electrons. The topological polar surface area (TPSA) is 113 Å². The molecule has 8 heteroatoms. The average Bonchev–Trinajstić information content (AvgIpc) is 3.03. The first-order valence-corrected chi connectivity index (χ1v) is 13.4. The minimum atomic E-state index is -1.01. The van der Waals surface area contributed by atoms with E-state index < -0.39 is 5.97 Å². The number of carbonyl (C=O) groups excluding carboxylic acids is 2. The van der Waals surface area contributed by atoms with Gasteiger partial charge in [-0.15, -0.1) is 0 Å². The summed E-state index contributed by atoms with van der Waals surface area (Å²) in [6.07, 6.45) is 4.70. The van der Waals surface area contributed by atoms with Crippen molar-refractivity contribution in [3.63, 3.8) is 0 Å². The van der Waals surface area contributed by atoms with Crippen molar-refractivity contribution in [3.05, 3.63) is 89.5 Å². The van der Waals surface area contributed by atoms with Gasteiger partial charge in [-0.25, -0.2) is 0 Å². The Morgan fingerprint density at radius 3 is 2.28 bits per heavy atom. The molecule has 1 aliphatic heterocycles. The first-order valence-electron chi connectivity index (χ1n) is 13.4. The van der Waals surface area contributed by atoms with Crippen molar-refractivity contribution < 1.29 is 24.2 Å². The molecule has 2 amide bonds. The van der Waals surface area contributed by atoms with Crippen molar-refractivity contribution in [2.75, 3.05) is 24.5 Å². The molecule has 3 aromatic carbocycles. The van der Waals surface area contributed by atoms with Gasteiger partial charge in [0.1, 0.15) is 18.0 Å². The van der Waals surface area contributed by atoms with E-state index in [1.807, 2.05) is 72.8 Å². The monoisotopic (exact) mass is 529 g/mol. The van der Waals surface area contributed by atoms with Gasteiger partial charge in [-0.1, -0.05) is 49.2 Å². The number of para-hydroxylation sites is 1. The molecule has 3 N–H and O–H groups in total. The molecule has 0 unspecified atom stereocenters. The number of nitrogens with two attached hydrogens (primary N) is 1. The minimum Gasteiger partial charge on any atom is -0.481 e. The van der Waals surface area contributed by atoms with Crippen molar-refractivity contribution in [1.29, 1.82) is 0 Å². The number of carboxylic acids is 1. The average molecular weight is 530 g/mol. The maximum Gasteiger partial charge on any atom is 0.305 e. The van der Waals surface area contributed by atoms with Gasteiger partial charge >= 0.3 is 5.97 Å². The van der Waals surface area contributed by atoms with Crippen LogP contribution in [0.1, 0.15) is 53.6 Å². The van der Waals surface area contributed by atoms with Gasteiger partial charge in [-0.05, 0) is 73.3 Å². The molecular weight excluding hydrogens is 494 g/mol. The predicted molar refractivity (Wildman–Crippen MR) is 150 cm³/mol. The summed E-state index contributed by atoms with van der Waals surface area (Å²) in [6, 6.07) is 22.7. The van der Waals surface area contributed by atoms with Crippen molar-refractivity contribution in [2.24, 2.45) is 5.73 Å². The second kappa shape index (κ2) is 13.6. The third kappa shape index (κ3) is 7.67. The molecule has 1 heterocycles. The van der Waals surface area contributed by atoms with Crippen LogP contribution < -0.4 is 15.4 Å². The number of ether oxygens (including phenoxy) is 1. The molecule has 0 aromatic heterocycles. The van der Waals surface area contributed by atoms with Crippen LogP contribution in [0.4, 0.5) is 5.69 Å². The molecule has 0 saturated heterocycles. The molecule has 204 valence electrons. The second-order valence-corrected chi connectivity index (χ2v) is 9.71. The molecular formula is C31H35N3O5. The predicted octanol–water partition coefficient (Wildman–Crippen LogP) is 5.00. The Morgan fingerprint density at radius 1 is 0.872 bits per heavy atom. The lowest BCUT2D eigenvalue weighted by Crippen LogP contribution is -2.40. The van der Waals surface area contributed by atoms with Gasteiger partial charge in [0, 0.05) is 6.54 Å². The molecule has 0 atom stereocenters. The second-order valence-electron chi connectivity index (χ2n) is 9.71. The van der Waals surface area contributed by atoms with Crippen LogP contribution in [0.25, 0.3) is 0 Å². The molecule has 1 aliphatic rings. The quantitative estimate of drug-likeness (QED) is 0.301. The third-order valence-electron chi connectivity index (χ3n) is 6.75. The van der Waals surface area contributed by atoms with Crippen LogP contribution in [0.5, 0.6) is 11.5 Å². The summed E-state index contributed by atoms with van der Waals surface area (Å²) in [5, 5.41) is 9.18. The van der Waals surface area contributed by atoms with E-state index >= 15 is 0 Å². The summed E-state index contributed by atoms with van der Waals surface area (Å²) in [5.41, 5.74) is 8.45. The van der Waals surface area contributed by atoms with Crippen molar-refractivity contribution in [2.45, 2.75) is 45.1 Å². The van der Waals surface area contributed by atoms with Crippen molar-refractivity contribution >= 4 is 23.5 Å². The maximum atomic E-state index is 13.5. The van der Waals surface area contributed by atoms with Crippen molar-refractivity contribution in [1.82, 2.24) is 4.90 Å². The van der Waals surface area contributed by atoms with Crippen LogP contribution >= 0.6 is 0 Å². The first-order chi connectivity index (χ1) is 18.9. The van der Waals surface area contributed by atoms with Gasteiger partial charge in [0.2, 0.25) is 5.91 Å². The van der Waals surface area contributed by atoms with E-state index in [0.29, 0.717) is 23.5 Å². The van der Waals surface area contributed by atoms with Crippen LogP contribution in [0, 0.1) is 0 Å². The Labute approximate surface area is 229 Å². The Hall–Kier alpha value is -4.17. The van der Waals surface area contributed by atoms with Crippen molar-refractivity contribution in [3.8, 4) is 11.5 Å². The number of benzene rings is 3. The number of aliphatic carboxylic acids is 1. The fourth-order valence-electron chi connectivity index (χ4n) is 4.65. The van der Waals surface area contributed by atoms with Crippen LogP contribution in [-0.4, -0.2) is 47.4 Å². The van der Waals surface area contributed by atoms with E-state index in [0.717, 1.165) is 49.0 Å². The number of hydrogen-bond donors (Lipinski definition) is 2. The van der Waals surface area contributed by atoms with Crippen LogP contribution in [0.15, 0.2) is 72.8 Å². The maximum absolute atomic E-state index is 13.5. The van der Waals surface area contributed by atoms with E-state index in [1.165, 1.54) is 4.90 Å². The molecule has 0 bridgehead atoms. The summed E-state index contributed by atoms with van der Waals surface area (Å²) >= 11 is 0.